The summed E-state index contributed by atoms with van der Waals surface area (Å²) in [5.41, 5.74) is 4.09. The van der Waals surface area contributed by atoms with E-state index in [0.29, 0.717) is 12.3 Å². The molecule has 2 nitrogen and oxygen atoms in total. The highest BCUT2D eigenvalue weighted by molar-refractivity contribution is 6.18. The smallest absolute Gasteiger partial charge is 0.179 e. The standard InChI is InChI=1S/C11H16ClNO/c1-7-8(2)11(13-9(7)3)10(14)5-4-6-12/h13H,4-6H2,1-3H3. The number of H-pyrrole nitrogens is 1. The molecular formula is C11H16ClNO. The van der Waals surface area contributed by atoms with Gasteiger partial charge in [-0.25, -0.2) is 0 Å². The highest BCUT2D eigenvalue weighted by Crippen LogP contribution is 2.18. The molecule has 1 rings (SSSR count). The van der Waals surface area contributed by atoms with Gasteiger partial charge in [-0.3, -0.25) is 4.79 Å². The molecule has 1 aromatic rings. The number of aromatic nitrogens is 1. The summed E-state index contributed by atoms with van der Waals surface area (Å²) in [4.78, 5) is 14.8. The van der Waals surface area contributed by atoms with Crippen LogP contribution in [0, 0.1) is 20.8 Å². The molecule has 0 saturated carbocycles. The first-order valence-electron chi connectivity index (χ1n) is 4.82. The van der Waals surface area contributed by atoms with Crippen molar-refractivity contribution < 1.29 is 4.79 Å². The highest BCUT2D eigenvalue weighted by Gasteiger charge is 2.13. The van der Waals surface area contributed by atoms with Crippen molar-refractivity contribution in [3.8, 4) is 0 Å². The van der Waals surface area contributed by atoms with Crippen LogP contribution in [-0.2, 0) is 0 Å². The van der Waals surface area contributed by atoms with Crippen LogP contribution in [0.5, 0.6) is 0 Å². The zero-order chi connectivity index (χ0) is 10.7. The van der Waals surface area contributed by atoms with Crippen molar-refractivity contribution >= 4 is 17.4 Å². The quantitative estimate of drug-likeness (QED) is 0.605. The molecule has 0 spiro atoms. The maximum absolute atomic E-state index is 11.7. The number of aromatic amines is 1. The number of nitrogens with one attached hydrogen (secondary N) is 1. The number of Topliss-reactive ketones (excluding diaryl/α,β-unsaturated/α-hetero) is 1. The zero-order valence-corrected chi connectivity index (χ0v) is 9.66. The first-order valence-corrected chi connectivity index (χ1v) is 5.36. The first-order chi connectivity index (χ1) is 6.57. The van der Waals surface area contributed by atoms with Crippen molar-refractivity contribution in [1.82, 2.24) is 4.98 Å². The average molecular weight is 214 g/mol. The van der Waals surface area contributed by atoms with Crippen LogP contribution in [0.4, 0.5) is 0 Å². The number of carbonyl (C=O) groups is 1. The van der Waals surface area contributed by atoms with Gasteiger partial charge in [0.1, 0.15) is 0 Å². The van der Waals surface area contributed by atoms with Gasteiger partial charge in [-0.1, -0.05) is 0 Å². The number of ketones is 1. The molecule has 0 aliphatic heterocycles. The molecule has 0 aliphatic carbocycles. The topological polar surface area (TPSA) is 32.9 Å². The summed E-state index contributed by atoms with van der Waals surface area (Å²) in [7, 11) is 0. The van der Waals surface area contributed by atoms with Crippen LogP contribution < -0.4 is 0 Å². The minimum atomic E-state index is 0.166. The third kappa shape index (κ3) is 2.18. The normalized spacial score (nSPS) is 10.6. The van der Waals surface area contributed by atoms with Crippen LogP contribution in [0.15, 0.2) is 0 Å². The van der Waals surface area contributed by atoms with Crippen LogP contribution in [-0.4, -0.2) is 16.6 Å². The van der Waals surface area contributed by atoms with Gasteiger partial charge in [0, 0.05) is 18.0 Å². The zero-order valence-electron chi connectivity index (χ0n) is 8.91. The van der Waals surface area contributed by atoms with Crippen molar-refractivity contribution in [3.05, 3.63) is 22.5 Å². The van der Waals surface area contributed by atoms with Crippen molar-refractivity contribution in [1.29, 1.82) is 0 Å². The molecule has 0 aliphatic rings. The number of alkyl halides is 1. The van der Waals surface area contributed by atoms with Crippen molar-refractivity contribution in [2.45, 2.75) is 33.6 Å². The van der Waals surface area contributed by atoms with E-state index in [1.165, 1.54) is 5.56 Å². The summed E-state index contributed by atoms with van der Waals surface area (Å²) in [6.45, 7) is 5.99. The molecule has 0 radical (unpaired) electrons. The molecule has 0 aromatic carbocycles. The Bertz CT molecular complexity index is 341. The molecular weight excluding hydrogens is 198 g/mol. The van der Waals surface area contributed by atoms with Crippen molar-refractivity contribution in [2.24, 2.45) is 0 Å². The molecule has 0 saturated heterocycles. The van der Waals surface area contributed by atoms with Crippen LogP contribution in [0.2, 0.25) is 0 Å². The molecule has 0 unspecified atom stereocenters. The third-order valence-electron chi connectivity index (χ3n) is 2.63. The Morgan fingerprint density at radius 3 is 2.36 bits per heavy atom. The lowest BCUT2D eigenvalue weighted by atomic mass is 10.1. The van der Waals surface area contributed by atoms with Gasteiger partial charge >= 0.3 is 0 Å². The molecule has 0 fully saturated rings. The average Bonchev–Trinajstić information content (AvgIpc) is 2.42. The Kier molecular flexibility index (Phi) is 3.76. The number of aryl methyl sites for hydroxylation is 1. The summed E-state index contributed by atoms with van der Waals surface area (Å²) in [5.74, 6) is 0.711. The highest BCUT2D eigenvalue weighted by atomic mass is 35.5. The number of halogens is 1. The lowest BCUT2D eigenvalue weighted by Crippen LogP contribution is -2.01. The monoisotopic (exact) mass is 213 g/mol. The van der Waals surface area contributed by atoms with Gasteiger partial charge in [-0.15, -0.1) is 11.6 Å². The van der Waals surface area contributed by atoms with Crippen LogP contribution in [0.25, 0.3) is 0 Å². The molecule has 3 heteroatoms. The summed E-state index contributed by atoms with van der Waals surface area (Å²) in [6, 6.07) is 0. The van der Waals surface area contributed by atoms with E-state index < -0.39 is 0 Å². The van der Waals surface area contributed by atoms with E-state index in [4.69, 9.17) is 11.6 Å². The molecule has 0 amide bonds. The van der Waals surface area contributed by atoms with E-state index in [9.17, 15) is 4.79 Å². The van der Waals surface area contributed by atoms with Gasteiger partial charge in [-0.2, -0.15) is 0 Å². The number of hydrogen-bond donors (Lipinski definition) is 1. The molecule has 1 N–H and O–H groups in total. The van der Waals surface area contributed by atoms with Crippen LogP contribution >= 0.6 is 11.6 Å². The Hall–Kier alpha value is -0.760. The first kappa shape index (κ1) is 11.3. The Morgan fingerprint density at radius 1 is 1.29 bits per heavy atom. The van der Waals surface area contributed by atoms with E-state index in [1.807, 2.05) is 20.8 Å². The van der Waals surface area contributed by atoms with Crippen LogP contribution in [0.3, 0.4) is 0 Å². The summed E-state index contributed by atoms with van der Waals surface area (Å²) < 4.78 is 0. The molecule has 78 valence electrons. The Labute approximate surface area is 89.7 Å². The summed E-state index contributed by atoms with van der Waals surface area (Å²) in [5, 5.41) is 0. The predicted octanol–water partition coefficient (Wildman–Crippen LogP) is 3.14. The minimum Gasteiger partial charge on any atom is -0.356 e. The fourth-order valence-corrected chi connectivity index (χ4v) is 1.61. The van der Waals surface area contributed by atoms with Gasteiger partial charge < -0.3 is 4.98 Å². The second-order valence-corrected chi connectivity index (χ2v) is 3.97. The number of hydrogen-bond acceptors (Lipinski definition) is 1. The lowest BCUT2D eigenvalue weighted by molar-refractivity contribution is 0.0977. The molecule has 0 atom stereocenters. The van der Waals surface area contributed by atoms with Gasteiger partial charge in [0.2, 0.25) is 0 Å². The van der Waals surface area contributed by atoms with E-state index in [2.05, 4.69) is 4.98 Å². The molecule has 0 bridgehead atoms. The largest absolute Gasteiger partial charge is 0.356 e. The molecule has 1 heterocycles. The predicted molar refractivity (Wildman–Crippen MR) is 59.3 cm³/mol. The van der Waals surface area contributed by atoms with Gasteiger partial charge in [-0.05, 0) is 38.3 Å². The fraction of sp³-hybridized carbons (Fsp3) is 0.545. The van der Waals surface area contributed by atoms with E-state index in [0.717, 1.165) is 23.4 Å². The van der Waals surface area contributed by atoms with Gasteiger partial charge in [0.15, 0.2) is 5.78 Å². The van der Waals surface area contributed by atoms with Gasteiger partial charge in [0.25, 0.3) is 0 Å². The molecule has 1 aromatic heterocycles. The lowest BCUT2D eigenvalue weighted by Gasteiger charge is -1.98. The maximum atomic E-state index is 11.7. The maximum Gasteiger partial charge on any atom is 0.179 e. The Balaban J connectivity index is 2.85. The second kappa shape index (κ2) is 4.65. The fourth-order valence-electron chi connectivity index (χ4n) is 1.47. The van der Waals surface area contributed by atoms with Gasteiger partial charge in [0.05, 0.1) is 5.69 Å². The van der Waals surface area contributed by atoms with Crippen molar-refractivity contribution in [3.63, 3.8) is 0 Å². The third-order valence-corrected chi connectivity index (χ3v) is 2.90. The summed E-state index contributed by atoms with van der Waals surface area (Å²) in [6.07, 6.45) is 1.28. The number of rotatable bonds is 4. The molecule has 14 heavy (non-hydrogen) atoms. The SMILES string of the molecule is Cc1[nH]c(C(=O)CCCCl)c(C)c1C. The minimum absolute atomic E-state index is 0.166. The second-order valence-electron chi connectivity index (χ2n) is 3.59. The Morgan fingerprint density at radius 2 is 1.93 bits per heavy atom. The van der Waals surface area contributed by atoms with E-state index in [1.54, 1.807) is 0 Å². The van der Waals surface area contributed by atoms with E-state index >= 15 is 0 Å². The van der Waals surface area contributed by atoms with Crippen LogP contribution in [0.1, 0.15) is 40.2 Å². The van der Waals surface area contributed by atoms with Crippen molar-refractivity contribution in [2.75, 3.05) is 5.88 Å². The number of carbonyl (C=O) groups excluding carboxylic acids is 1. The van der Waals surface area contributed by atoms with E-state index in [-0.39, 0.29) is 5.78 Å². The summed E-state index contributed by atoms with van der Waals surface area (Å²) >= 11 is 5.55.